The van der Waals surface area contributed by atoms with E-state index in [4.69, 9.17) is 5.73 Å². The zero-order valence-corrected chi connectivity index (χ0v) is 9.15. The van der Waals surface area contributed by atoms with Gasteiger partial charge in [-0.3, -0.25) is 9.69 Å². The van der Waals surface area contributed by atoms with E-state index in [1.54, 1.807) is 23.2 Å². The van der Waals surface area contributed by atoms with Crippen LogP contribution in [0, 0.1) is 5.92 Å². The Hall–Kier alpha value is -1.23. The third kappa shape index (κ3) is 2.07. The molecule has 1 aromatic heterocycles. The van der Waals surface area contributed by atoms with Crippen LogP contribution in [0.5, 0.6) is 0 Å². The van der Waals surface area contributed by atoms with E-state index in [2.05, 4.69) is 17.6 Å². The number of nitrogen functional groups attached to an aromatic ring is 1. The van der Waals surface area contributed by atoms with E-state index in [0.29, 0.717) is 30.4 Å². The number of nitrogens with zero attached hydrogens (tertiary/aromatic N) is 2. The molecule has 1 unspecified atom stereocenters. The molecule has 1 saturated heterocycles. The summed E-state index contributed by atoms with van der Waals surface area (Å²) in [6.07, 6.45) is 2.13. The normalized spacial score (nSPS) is 21.0. The molecule has 1 aromatic rings. The summed E-state index contributed by atoms with van der Waals surface area (Å²) in [4.78, 5) is 17.5. The quantitative estimate of drug-likeness (QED) is 0.734. The molecule has 0 aliphatic carbocycles. The molecule has 0 saturated carbocycles. The van der Waals surface area contributed by atoms with Crippen molar-refractivity contribution < 1.29 is 4.79 Å². The Labute approximate surface area is 93.9 Å². The Bertz CT molecular complexity index is 365. The first-order valence-electron chi connectivity index (χ1n) is 4.83. The molecule has 4 nitrogen and oxygen atoms in total. The van der Waals surface area contributed by atoms with Crippen LogP contribution in [0.25, 0.3) is 0 Å². The summed E-state index contributed by atoms with van der Waals surface area (Å²) in [7, 11) is 0. The van der Waals surface area contributed by atoms with Gasteiger partial charge < -0.3 is 5.73 Å². The number of pyridine rings is 1. The average molecular weight is 223 g/mol. The molecule has 2 rings (SSSR count). The lowest BCUT2D eigenvalue weighted by Gasteiger charge is -2.14. The van der Waals surface area contributed by atoms with Crippen LogP contribution in [0.15, 0.2) is 18.3 Å². The summed E-state index contributed by atoms with van der Waals surface area (Å²) in [5.74, 6) is 1.86. The topological polar surface area (TPSA) is 59.2 Å². The highest BCUT2D eigenvalue weighted by molar-refractivity contribution is 7.80. The molecule has 1 fully saturated rings. The minimum Gasteiger partial charge on any atom is -0.397 e. The van der Waals surface area contributed by atoms with Crippen molar-refractivity contribution in [2.75, 3.05) is 22.9 Å². The van der Waals surface area contributed by atoms with E-state index in [1.165, 1.54) is 0 Å². The molecule has 0 radical (unpaired) electrons. The minimum absolute atomic E-state index is 0.117. The summed E-state index contributed by atoms with van der Waals surface area (Å²) >= 11 is 4.21. The third-order valence-electron chi connectivity index (χ3n) is 2.51. The lowest BCUT2D eigenvalue weighted by Crippen LogP contribution is -2.25. The summed E-state index contributed by atoms with van der Waals surface area (Å²) in [5.41, 5.74) is 6.14. The fourth-order valence-electron chi connectivity index (χ4n) is 1.68. The maximum absolute atomic E-state index is 11.6. The summed E-state index contributed by atoms with van der Waals surface area (Å²) < 4.78 is 0. The van der Waals surface area contributed by atoms with Crippen molar-refractivity contribution in [3.05, 3.63) is 18.3 Å². The number of anilines is 2. The molecule has 15 heavy (non-hydrogen) atoms. The van der Waals surface area contributed by atoms with E-state index in [9.17, 15) is 4.79 Å². The number of nitrogens with two attached hydrogens (primary N) is 1. The fraction of sp³-hybridized carbons (Fsp3) is 0.400. The number of hydrogen-bond acceptors (Lipinski definition) is 4. The van der Waals surface area contributed by atoms with Crippen molar-refractivity contribution in [1.29, 1.82) is 0 Å². The molecule has 1 amide bonds. The summed E-state index contributed by atoms with van der Waals surface area (Å²) in [5, 5.41) is 0. The lowest BCUT2D eigenvalue weighted by atomic mass is 10.1. The Morgan fingerprint density at radius 1 is 1.60 bits per heavy atom. The zero-order chi connectivity index (χ0) is 10.8. The van der Waals surface area contributed by atoms with Gasteiger partial charge in [-0.15, -0.1) is 0 Å². The first-order valence-corrected chi connectivity index (χ1v) is 5.46. The lowest BCUT2D eigenvalue weighted by molar-refractivity contribution is -0.117. The van der Waals surface area contributed by atoms with Crippen LogP contribution in [0.3, 0.4) is 0 Å². The van der Waals surface area contributed by atoms with Gasteiger partial charge in [0.2, 0.25) is 5.91 Å². The largest absolute Gasteiger partial charge is 0.397 e. The highest BCUT2D eigenvalue weighted by atomic mass is 32.1. The Balaban J connectivity index is 2.18. The molecular weight excluding hydrogens is 210 g/mol. The van der Waals surface area contributed by atoms with Crippen LogP contribution in [-0.4, -0.2) is 23.2 Å². The number of carbonyl (C=O) groups excluding carboxylic acids is 1. The molecule has 1 atom stereocenters. The van der Waals surface area contributed by atoms with Crippen molar-refractivity contribution >= 4 is 30.0 Å². The zero-order valence-electron chi connectivity index (χ0n) is 8.26. The standard InChI is InChI=1S/C10H13N3OS/c11-8-1-2-9(12-4-8)13-5-7(6-15)3-10(13)14/h1-2,4,7,15H,3,5-6,11H2. The second kappa shape index (κ2) is 4.10. The number of amides is 1. The Kier molecular flexibility index (Phi) is 2.81. The second-order valence-electron chi connectivity index (χ2n) is 3.71. The summed E-state index contributed by atoms with van der Waals surface area (Å²) in [6, 6.07) is 3.53. The molecule has 2 N–H and O–H groups in total. The highest BCUT2D eigenvalue weighted by Gasteiger charge is 2.30. The van der Waals surface area contributed by atoms with Gasteiger partial charge in [-0.05, 0) is 23.8 Å². The maximum atomic E-state index is 11.6. The SMILES string of the molecule is Nc1ccc(N2CC(CS)CC2=O)nc1. The number of thiol groups is 1. The van der Waals surface area contributed by atoms with Crippen molar-refractivity contribution in [2.45, 2.75) is 6.42 Å². The van der Waals surface area contributed by atoms with Crippen LogP contribution in [0.1, 0.15) is 6.42 Å². The van der Waals surface area contributed by atoms with Crippen molar-refractivity contribution in [3.8, 4) is 0 Å². The Morgan fingerprint density at radius 2 is 2.40 bits per heavy atom. The molecule has 80 valence electrons. The highest BCUT2D eigenvalue weighted by Crippen LogP contribution is 2.24. The summed E-state index contributed by atoms with van der Waals surface area (Å²) in [6.45, 7) is 0.708. The molecule has 2 heterocycles. The van der Waals surface area contributed by atoms with E-state index >= 15 is 0 Å². The van der Waals surface area contributed by atoms with Gasteiger partial charge in [-0.25, -0.2) is 4.98 Å². The minimum atomic E-state index is 0.117. The molecule has 0 aromatic carbocycles. The molecule has 5 heteroatoms. The third-order valence-corrected chi connectivity index (χ3v) is 3.03. The van der Waals surface area contributed by atoms with E-state index in [-0.39, 0.29) is 5.91 Å². The van der Waals surface area contributed by atoms with Gasteiger partial charge >= 0.3 is 0 Å². The average Bonchev–Trinajstić information content (AvgIpc) is 2.61. The molecule has 1 aliphatic rings. The fourth-order valence-corrected chi connectivity index (χ4v) is 1.93. The molecule has 0 spiro atoms. The molecule has 0 bridgehead atoms. The van der Waals surface area contributed by atoms with Gasteiger partial charge in [0.25, 0.3) is 0 Å². The van der Waals surface area contributed by atoms with Gasteiger partial charge in [0.05, 0.1) is 11.9 Å². The van der Waals surface area contributed by atoms with E-state index in [0.717, 1.165) is 5.75 Å². The van der Waals surface area contributed by atoms with Crippen LogP contribution < -0.4 is 10.6 Å². The van der Waals surface area contributed by atoms with Gasteiger partial charge in [0.1, 0.15) is 5.82 Å². The number of hydrogen-bond donors (Lipinski definition) is 2. The van der Waals surface area contributed by atoms with Gasteiger partial charge in [0.15, 0.2) is 0 Å². The first-order chi connectivity index (χ1) is 7.20. The number of aromatic nitrogens is 1. The van der Waals surface area contributed by atoms with Gasteiger partial charge in [-0.2, -0.15) is 12.6 Å². The van der Waals surface area contributed by atoms with Crippen LogP contribution in [0.2, 0.25) is 0 Å². The van der Waals surface area contributed by atoms with Crippen LogP contribution >= 0.6 is 12.6 Å². The predicted octanol–water partition coefficient (Wildman–Crippen LogP) is 0.947. The van der Waals surface area contributed by atoms with E-state index < -0.39 is 0 Å². The molecular formula is C10H13N3OS. The van der Waals surface area contributed by atoms with Crippen molar-refractivity contribution in [3.63, 3.8) is 0 Å². The van der Waals surface area contributed by atoms with Crippen molar-refractivity contribution in [2.24, 2.45) is 5.92 Å². The van der Waals surface area contributed by atoms with Crippen LogP contribution in [0.4, 0.5) is 11.5 Å². The predicted molar refractivity (Wildman–Crippen MR) is 63.0 cm³/mol. The number of carbonyl (C=O) groups is 1. The molecule has 1 aliphatic heterocycles. The smallest absolute Gasteiger partial charge is 0.228 e. The van der Waals surface area contributed by atoms with E-state index in [1.807, 2.05) is 0 Å². The maximum Gasteiger partial charge on any atom is 0.228 e. The first kappa shape index (κ1) is 10.3. The van der Waals surface area contributed by atoms with Crippen molar-refractivity contribution in [1.82, 2.24) is 4.98 Å². The second-order valence-corrected chi connectivity index (χ2v) is 4.07. The Morgan fingerprint density at radius 3 is 2.93 bits per heavy atom. The van der Waals surface area contributed by atoms with Gasteiger partial charge in [-0.1, -0.05) is 0 Å². The number of rotatable bonds is 2. The monoisotopic (exact) mass is 223 g/mol. The van der Waals surface area contributed by atoms with Gasteiger partial charge in [0, 0.05) is 13.0 Å². The van der Waals surface area contributed by atoms with Crippen LogP contribution in [-0.2, 0) is 4.79 Å².